The van der Waals surface area contributed by atoms with Gasteiger partial charge in [-0.25, -0.2) is 0 Å². The van der Waals surface area contributed by atoms with Gasteiger partial charge < -0.3 is 0 Å². The largest absolute Gasteiger partial charge is 0.269 e. The van der Waals surface area contributed by atoms with Gasteiger partial charge in [0.15, 0.2) is 0 Å². The predicted molar refractivity (Wildman–Crippen MR) is 76.8 cm³/mol. The standard InChI is InChI=1S/C13H8Cl2N2O2/c14-10-3-6-13(12(15)7-10)16-8-9-1-4-11(5-2-9)17(18)19/h1-8H. The van der Waals surface area contributed by atoms with Crippen LogP contribution in [0.5, 0.6) is 0 Å². The fourth-order valence-corrected chi connectivity index (χ4v) is 1.87. The van der Waals surface area contributed by atoms with Gasteiger partial charge >= 0.3 is 0 Å². The Morgan fingerprint density at radius 1 is 1.11 bits per heavy atom. The van der Waals surface area contributed by atoms with E-state index in [9.17, 15) is 10.1 Å². The molecule has 2 aromatic rings. The van der Waals surface area contributed by atoms with Crippen LogP contribution in [-0.4, -0.2) is 11.1 Å². The van der Waals surface area contributed by atoms with E-state index in [4.69, 9.17) is 23.2 Å². The number of nitro groups is 1. The third-order valence-electron chi connectivity index (χ3n) is 2.37. The van der Waals surface area contributed by atoms with Crippen molar-refractivity contribution in [1.29, 1.82) is 0 Å². The summed E-state index contributed by atoms with van der Waals surface area (Å²) in [6.07, 6.45) is 1.58. The Labute approximate surface area is 119 Å². The molecule has 0 heterocycles. The van der Waals surface area contributed by atoms with E-state index in [1.165, 1.54) is 12.1 Å². The van der Waals surface area contributed by atoms with Crippen LogP contribution in [0, 0.1) is 10.1 Å². The molecule has 0 bridgehead atoms. The summed E-state index contributed by atoms with van der Waals surface area (Å²) in [6.45, 7) is 0. The summed E-state index contributed by atoms with van der Waals surface area (Å²) in [6, 6.07) is 11.1. The first-order valence-corrected chi connectivity index (χ1v) is 6.05. The zero-order valence-electron chi connectivity index (χ0n) is 9.59. The maximum absolute atomic E-state index is 10.5. The summed E-state index contributed by atoms with van der Waals surface area (Å²) in [4.78, 5) is 14.3. The molecule has 19 heavy (non-hydrogen) atoms. The Balaban J connectivity index is 2.20. The van der Waals surface area contributed by atoms with Crippen molar-refractivity contribution in [2.24, 2.45) is 4.99 Å². The molecule has 0 spiro atoms. The molecule has 0 radical (unpaired) electrons. The van der Waals surface area contributed by atoms with Crippen LogP contribution in [0.25, 0.3) is 0 Å². The van der Waals surface area contributed by atoms with Crippen LogP contribution in [0.3, 0.4) is 0 Å². The van der Waals surface area contributed by atoms with Gasteiger partial charge in [-0.15, -0.1) is 0 Å². The van der Waals surface area contributed by atoms with Crippen molar-refractivity contribution in [3.05, 3.63) is 68.2 Å². The first-order valence-electron chi connectivity index (χ1n) is 5.30. The second-order valence-corrected chi connectivity index (χ2v) is 4.55. The molecule has 0 unspecified atom stereocenters. The van der Waals surface area contributed by atoms with Gasteiger partial charge in [0.2, 0.25) is 0 Å². The van der Waals surface area contributed by atoms with E-state index in [0.29, 0.717) is 15.7 Å². The molecular formula is C13H8Cl2N2O2. The third-order valence-corrected chi connectivity index (χ3v) is 2.90. The molecule has 2 rings (SSSR count). The molecule has 96 valence electrons. The molecule has 0 aliphatic rings. The van der Waals surface area contributed by atoms with Crippen LogP contribution in [-0.2, 0) is 0 Å². The normalized spacial score (nSPS) is 10.8. The molecule has 4 nitrogen and oxygen atoms in total. The van der Waals surface area contributed by atoms with Gasteiger partial charge in [0.25, 0.3) is 5.69 Å². The summed E-state index contributed by atoms with van der Waals surface area (Å²) in [7, 11) is 0. The molecule has 0 N–H and O–H groups in total. The predicted octanol–water partition coefficient (Wildman–Crippen LogP) is 4.65. The lowest BCUT2D eigenvalue weighted by Gasteiger charge is -1.98. The number of nitro benzene ring substituents is 1. The summed E-state index contributed by atoms with van der Waals surface area (Å²) < 4.78 is 0. The second kappa shape index (κ2) is 5.82. The second-order valence-electron chi connectivity index (χ2n) is 3.70. The number of benzene rings is 2. The van der Waals surface area contributed by atoms with Gasteiger partial charge in [-0.1, -0.05) is 23.2 Å². The molecule has 0 saturated carbocycles. The van der Waals surface area contributed by atoms with E-state index in [1.807, 2.05) is 0 Å². The van der Waals surface area contributed by atoms with E-state index in [1.54, 1.807) is 36.5 Å². The van der Waals surface area contributed by atoms with E-state index in [-0.39, 0.29) is 5.69 Å². The molecule has 0 aliphatic heterocycles. The van der Waals surface area contributed by atoms with Crippen LogP contribution in [0.1, 0.15) is 5.56 Å². The molecule has 0 aliphatic carbocycles. The lowest BCUT2D eigenvalue weighted by Crippen LogP contribution is -1.88. The molecule has 0 aromatic heterocycles. The quantitative estimate of drug-likeness (QED) is 0.470. The highest BCUT2D eigenvalue weighted by molar-refractivity contribution is 6.36. The van der Waals surface area contributed by atoms with E-state index >= 15 is 0 Å². The topological polar surface area (TPSA) is 55.5 Å². The smallest absolute Gasteiger partial charge is 0.258 e. The number of non-ortho nitro benzene ring substituents is 1. The highest BCUT2D eigenvalue weighted by atomic mass is 35.5. The molecule has 0 atom stereocenters. The Kier molecular flexibility index (Phi) is 4.14. The van der Waals surface area contributed by atoms with Crippen molar-refractivity contribution < 1.29 is 4.92 Å². The summed E-state index contributed by atoms with van der Waals surface area (Å²) in [5.41, 5.74) is 1.38. The van der Waals surface area contributed by atoms with Gasteiger partial charge in [-0.3, -0.25) is 15.1 Å². The fourth-order valence-electron chi connectivity index (χ4n) is 1.41. The zero-order valence-corrected chi connectivity index (χ0v) is 11.1. The summed E-state index contributed by atoms with van der Waals surface area (Å²) in [5.74, 6) is 0. The maximum Gasteiger partial charge on any atom is 0.269 e. The minimum absolute atomic E-state index is 0.0432. The van der Waals surface area contributed by atoms with E-state index in [2.05, 4.69) is 4.99 Å². The first kappa shape index (κ1) is 13.5. The van der Waals surface area contributed by atoms with Crippen molar-refractivity contribution in [2.45, 2.75) is 0 Å². The molecular weight excluding hydrogens is 287 g/mol. The monoisotopic (exact) mass is 294 g/mol. The van der Waals surface area contributed by atoms with Crippen molar-refractivity contribution >= 4 is 40.8 Å². The minimum Gasteiger partial charge on any atom is -0.258 e. The number of hydrogen-bond acceptors (Lipinski definition) is 3. The zero-order chi connectivity index (χ0) is 13.8. The lowest BCUT2D eigenvalue weighted by atomic mass is 10.2. The minimum atomic E-state index is -0.447. The van der Waals surface area contributed by atoms with Crippen molar-refractivity contribution in [2.75, 3.05) is 0 Å². The first-order chi connectivity index (χ1) is 9.06. The van der Waals surface area contributed by atoms with Gasteiger partial charge in [-0.05, 0) is 35.9 Å². The SMILES string of the molecule is O=[N+]([O-])c1ccc(C=Nc2ccc(Cl)cc2Cl)cc1. The van der Waals surface area contributed by atoms with Crippen LogP contribution < -0.4 is 0 Å². The molecule has 6 heteroatoms. The lowest BCUT2D eigenvalue weighted by molar-refractivity contribution is -0.384. The maximum atomic E-state index is 10.5. The number of aliphatic imine (C=N–C) groups is 1. The van der Waals surface area contributed by atoms with Crippen LogP contribution in [0.4, 0.5) is 11.4 Å². The average molecular weight is 295 g/mol. The Morgan fingerprint density at radius 3 is 2.37 bits per heavy atom. The highest BCUT2D eigenvalue weighted by Gasteiger charge is 2.03. The van der Waals surface area contributed by atoms with E-state index < -0.39 is 4.92 Å². The van der Waals surface area contributed by atoms with Crippen molar-refractivity contribution in [3.8, 4) is 0 Å². The van der Waals surface area contributed by atoms with Crippen molar-refractivity contribution in [1.82, 2.24) is 0 Å². The molecule has 0 amide bonds. The Bertz CT molecular complexity index is 640. The van der Waals surface area contributed by atoms with Gasteiger partial charge in [0.1, 0.15) is 0 Å². The average Bonchev–Trinajstić information content (AvgIpc) is 2.38. The molecule has 0 fully saturated rings. The Hall–Kier alpha value is -1.91. The van der Waals surface area contributed by atoms with Crippen LogP contribution in [0.2, 0.25) is 10.0 Å². The van der Waals surface area contributed by atoms with E-state index in [0.717, 1.165) is 5.56 Å². The Morgan fingerprint density at radius 2 is 1.79 bits per heavy atom. The highest BCUT2D eigenvalue weighted by Crippen LogP contribution is 2.27. The van der Waals surface area contributed by atoms with Gasteiger partial charge in [0.05, 0.1) is 15.6 Å². The summed E-state index contributed by atoms with van der Waals surface area (Å²) in [5, 5.41) is 11.5. The van der Waals surface area contributed by atoms with Gasteiger partial charge in [-0.2, -0.15) is 0 Å². The van der Waals surface area contributed by atoms with Crippen LogP contribution >= 0.6 is 23.2 Å². The summed E-state index contributed by atoms with van der Waals surface area (Å²) >= 11 is 11.8. The molecule has 2 aromatic carbocycles. The van der Waals surface area contributed by atoms with Crippen LogP contribution in [0.15, 0.2) is 47.5 Å². The number of hydrogen-bond donors (Lipinski definition) is 0. The molecule has 0 saturated heterocycles. The fraction of sp³-hybridized carbons (Fsp3) is 0. The van der Waals surface area contributed by atoms with Crippen molar-refractivity contribution in [3.63, 3.8) is 0 Å². The van der Waals surface area contributed by atoms with Gasteiger partial charge in [0, 0.05) is 23.4 Å². The number of halogens is 2. The number of rotatable bonds is 3. The third kappa shape index (κ3) is 3.53. The number of nitrogens with zero attached hydrogens (tertiary/aromatic N) is 2.